The van der Waals surface area contributed by atoms with Crippen LogP contribution >= 0.6 is 0 Å². The molecule has 0 aliphatic heterocycles. The lowest BCUT2D eigenvalue weighted by Crippen LogP contribution is -2.34. The van der Waals surface area contributed by atoms with Gasteiger partial charge in [0, 0.05) is 27.6 Å². The molecule has 0 fully saturated rings. The molecular weight excluding hydrogens is 466 g/mol. The fourth-order valence-corrected chi connectivity index (χ4v) is 5.26. The molecule has 0 saturated heterocycles. The van der Waals surface area contributed by atoms with Crippen LogP contribution in [-0.4, -0.2) is 51.5 Å². The molecule has 0 radical (unpaired) electrons. The predicted molar refractivity (Wildman–Crippen MR) is 143 cm³/mol. The van der Waals surface area contributed by atoms with Gasteiger partial charge in [0.15, 0.2) is 5.78 Å². The highest BCUT2D eigenvalue weighted by molar-refractivity contribution is 6.20. The average molecular weight is 500 g/mol. The fraction of sp³-hybridized carbons (Fsp3) is 0.323. The van der Waals surface area contributed by atoms with E-state index >= 15 is 0 Å². The van der Waals surface area contributed by atoms with Crippen molar-refractivity contribution in [2.45, 2.75) is 50.7 Å². The summed E-state index contributed by atoms with van der Waals surface area (Å²) < 4.78 is 5.67. The summed E-state index contributed by atoms with van der Waals surface area (Å²) in [7, 11) is 0. The second-order valence-corrected chi connectivity index (χ2v) is 10.4. The Morgan fingerprint density at radius 3 is 2.43 bits per heavy atom. The molecule has 0 unspecified atom stereocenters. The Morgan fingerprint density at radius 2 is 1.68 bits per heavy atom. The van der Waals surface area contributed by atoms with Crippen molar-refractivity contribution in [1.82, 2.24) is 4.98 Å². The monoisotopic (exact) mass is 499 g/mol. The lowest BCUT2D eigenvalue weighted by molar-refractivity contribution is -0.0339. The van der Waals surface area contributed by atoms with E-state index in [0.717, 1.165) is 47.0 Å². The van der Waals surface area contributed by atoms with Crippen molar-refractivity contribution in [2.24, 2.45) is 0 Å². The Kier molecular flexibility index (Phi) is 6.90. The van der Waals surface area contributed by atoms with Crippen molar-refractivity contribution in [1.29, 1.82) is 0 Å². The maximum atomic E-state index is 13.6. The number of aryl methyl sites for hydroxylation is 2. The van der Waals surface area contributed by atoms with Gasteiger partial charge in [0.25, 0.3) is 0 Å². The molecule has 6 nitrogen and oxygen atoms in total. The summed E-state index contributed by atoms with van der Waals surface area (Å²) in [6, 6.07) is 22.1. The number of hydrogen-bond donors (Lipinski definition) is 4. The van der Waals surface area contributed by atoms with Crippen LogP contribution in [0.25, 0.3) is 10.9 Å². The first-order valence-corrected chi connectivity index (χ1v) is 12.8. The highest BCUT2D eigenvalue weighted by Gasteiger charge is 2.39. The van der Waals surface area contributed by atoms with E-state index < -0.39 is 24.2 Å². The van der Waals surface area contributed by atoms with E-state index in [9.17, 15) is 15.0 Å². The van der Waals surface area contributed by atoms with Crippen molar-refractivity contribution >= 4 is 16.7 Å². The quantitative estimate of drug-likeness (QED) is 0.275. The van der Waals surface area contributed by atoms with Crippen LogP contribution < -0.4 is 4.74 Å². The van der Waals surface area contributed by atoms with Crippen molar-refractivity contribution in [2.75, 3.05) is 13.2 Å². The molecule has 1 aliphatic carbocycles. The van der Waals surface area contributed by atoms with Gasteiger partial charge in [0.1, 0.15) is 24.6 Å². The van der Waals surface area contributed by atoms with Crippen LogP contribution in [0.1, 0.15) is 58.6 Å². The predicted octanol–water partition coefficient (Wildman–Crippen LogP) is 4.31. The van der Waals surface area contributed by atoms with Gasteiger partial charge in [-0.2, -0.15) is 0 Å². The number of fused-ring (bicyclic) bond motifs is 4. The zero-order valence-electron chi connectivity index (χ0n) is 21.2. The summed E-state index contributed by atoms with van der Waals surface area (Å²) >= 11 is 0. The van der Waals surface area contributed by atoms with E-state index in [1.807, 2.05) is 12.1 Å². The van der Waals surface area contributed by atoms with Gasteiger partial charge >= 0.3 is 0 Å². The smallest absolute Gasteiger partial charge is 0.195 e. The number of benzene rings is 3. The summed E-state index contributed by atoms with van der Waals surface area (Å²) in [4.78, 5) is 17.2. The Bertz CT molecular complexity index is 1420. The first-order chi connectivity index (χ1) is 17.8. The lowest BCUT2D eigenvalue weighted by atomic mass is 9.71. The van der Waals surface area contributed by atoms with Crippen molar-refractivity contribution < 1.29 is 24.9 Å². The fourth-order valence-electron chi connectivity index (χ4n) is 5.26. The average Bonchev–Trinajstić information content (AvgIpc) is 3.31. The Morgan fingerprint density at radius 1 is 0.919 bits per heavy atom. The number of nitrogens with one attached hydrogen (secondary N) is 1. The normalized spacial score (nSPS) is 15.8. The molecule has 0 bridgehead atoms. The van der Waals surface area contributed by atoms with E-state index in [-0.39, 0.29) is 12.4 Å². The van der Waals surface area contributed by atoms with Crippen LogP contribution in [0, 0.1) is 0 Å². The molecule has 37 heavy (non-hydrogen) atoms. The molecule has 4 N–H and O–H groups in total. The Hall–Kier alpha value is -3.45. The number of aliphatic hydroxyl groups excluding tert-OH is 3. The van der Waals surface area contributed by atoms with Gasteiger partial charge in [-0.05, 0) is 60.2 Å². The molecule has 5 rings (SSSR count). The van der Waals surface area contributed by atoms with E-state index in [2.05, 4.69) is 61.3 Å². The highest BCUT2D eigenvalue weighted by atomic mass is 16.5. The molecule has 0 amide bonds. The number of H-pyrrole nitrogens is 1. The number of ketones is 1. The van der Waals surface area contributed by atoms with Crippen LogP contribution in [0.4, 0.5) is 0 Å². The number of carbonyl (C=O) groups is 1. The van der Waals surface area contributed by atoms with Gasteiger partial charge in [-0.15, -0.1) is 0 Å². The number of rotatable bonds is 9. The van der Waals surface area contributed by atoms with Crippen LogP contribution in [0.2, 0.25) is 0 Å². The molecule has 1 aromatic heterocycles. The SMILES string of the molecule is CC1(C)c2cc(OC[C@@H](O)[C@H](O)CO)ccc2C(=O)c2c1[nH]c1cc(CCCc3ccccc3)ccc21. The first-order valence-electron chi connectivity index (χ1n) is 12.8. The van der Waals surface area contributed by atoms with Crippen LogP contribution in [0.3, 0.4) is 0 Å². The lowest BCUT2D eigenvalue weighted by Gasteiger charge is -2.32. The van der Waals surface area contributed by atoms with E-state index in [0.29, 0.717) is 11.3 Å². The zero-order chi connectivity index (χ0) is 26.2. The van der Waals surface area contributed by atoms with Gasteiger partial charge < -0.3 is 25.0 Å². The van der Waals surface area contributed by atoms with Crippen molar-refractivity contribution in [3.8, 4) is 5.75 Å². The largest absolute Gasteiger partial charge is 0.491 e. The molecule has 192 valence electrons. The number of carbonyl (C=O) groups excluding carboxylic acids is 1. The molecule has 0 spiro atoms. The van der Waals surface area contributed by atoms with E-state index in [4.69, 9.17) is 9.84 Å². The molecule has 4 aromatic rings. The number of aromatic nitrogens is 1. The minimum absolute atomic E-state index is 0.0188. The summed E-state index contributed by atoms with van der Waals surface area (Å²) in [6.45, 7) is 3.45. The summed E-state index contributed by atoms with van der Waals surface area (Å²) in [5.74, 6) is 0.471. The van der Waals surface area contributed by atoms with Crippen LogP contribution in [0.5, 0.6) is 5.75 Å². The standard InChI is InChI=1S/C31H33NO5/c1-31(2)24-16-21(37-18-27(35)26(34)17-33)12-14-22(24)29(36)28-23-13-11-20(15-25(23)32-30(28)31)10-6-9-19-7-4-3-5-8-19/h3-5,7-8,11-16,26-27,32-35H,6,9-10,17-18H2,1-2H3/t26-,27-/m1/s1. The maximum absolute atomic E-state index is 13.6. The highest BCUT2D eigenvalue weighted by Crippen LogP contribution is 2.44. The number of hydrogen-bond acceptors (Lipinski definition) is 5. The number of ether oxygens (including phenoxy) is 1. The Labute approximate surface area is 216 Å². The molecule has 0 saturated carbocycles. The van der Waals surface area contributed by atoms with Gasteiger partial charge in [-0.1, -0.05) is 56.3 Å². The van der Waals surface area contributed by atoms with E-state index in [1.54, 1.807) is 12.1 Å². The molecular formula is C31H33NO5. The molecule has 3 aromatic carbocycles. The molecule has 6 heteroatoms. The minimum atomic E-state index is -1.27. The zero-order valence-corrected chi connectivity index (χ0v) is 21.2. The molecule has 2 atom stereocenters. The third kappa shape index (κ3) is 4.80. The third-order valence-corrected chi connectivity index (χ3v) is 7.45. The van der Waals surface area contributed by atoms with Gasteiger partial charge in [-0.25, -0.2) is 0 Å². The molecule has 1 aliphatic rings. The summed E-state index contributed by atoms with van der Waals surface area (Å²) in [5, 5.41) is 29.4. The maximum Gasteiger partial charge on any atom is 0.195 e. The van der Waals surface area contributed by atoms with Crippen LogP contribution in [0.15, 0.2) is 66.7 Å². The molecule has 1 heterocycles. The third-order valence-electron chi connectivity index (χ3n) is 7.45. The summed E-state index contributed by atoms with van der Waals surface area (Å²) in [6.07, 6.45) is 0.564. The van der Waals surface area contributed by atoms with E-state index in [1.165, 1.54) is 11.1 Å². The second-order valence-electron chi connectivity index (χ2n) is 10.4. The van der Waals surface area contributed by atoms with Gasteiger partial charge in [0.05, 0.1) is 12.2 Å². The minimum Gasteiger partial charge on any atom is -0.491 e. The number of aliphatic hydroxyl groups is 3. The topological polar surface area (TPSA) is 103 Å². The van der Waals surface area contributed by atoms with Gasteiger partial charge in [0.2, 0.25) is 0 Å². The van der Waals surface area contributed by atoms with Crippen LogP contribution in [-0.2, 0) is 18.3 Å². The van der Waals surface area contributed by atoms with Crippen molar-refractivity contribution in [3.05, 3.63) is 100 Å². The number of aromatic amines is 1. The second kappa shape index (κ2) is 10.1. The summed E-state index contributed by atoms with van der Waals surface area (Å²) in [5.41, 5.74) is 6.15. The van der Waals surface area contributed by atoms with Crippen molar-refractivity contribution in [3.63, 3.8) is 0 Å². The Balaban J connectivity index is 1.40. The first kappa shape index (κ1) is 25.2. The van der Waals surface area contributed by atoms with Gasteiger partial charge in [-0.3, -0.25) is 4.79 Å².